The molecule has 1 aliphatic heterocycles. The van der Waals surface area contributed by atoms with E-state index in [-0.39, 0.29) is 24.0 Å². The molecule has 1 saturated carbocycles. The Hall–Kier alpha value is -2.53. The first-order valence-electron chi connectivity index (χ1n) is 9.13. The van der Waals surface area contributed by atoms with E-state index in [0.29, 0.717) is 5.69 Å². The highest BCUT2D eigenvalue weighted by Crippen LogP contribution is 2.37. The maximum absolute atomic E-state index is 12.5. The topological polar surface area (TPSA) is 54.8 Å². The fourth-order valence-electron chi connectivity index (χ4n) is 3.58. The molecule has 2 heterocycles. The van der Waals surface area contributed by atoms with Crippen LogP contribution in [0.1, 0.15) is 42.2 Å². The first-order valence-corrected chi connectivity index (χ1v) is 9.13. The second kappa shape index (κ2) is 7.00. The number of benzene rings is 1. The van der Waals surface area contributed by atoms with E-state index in [2.05, 4.69) is 40.9 Å². The van der Waals surface area contributed by atoms with Gasteiger partial charge in [0, 0.05) is 36.6 Å². The van der Waals surface area contributed by atoms with Gasteiger partial charge < -0.3 is 9.64 Å². The molecule has 0 bridgehead atoms. The summed E-state index contributed by atoms with van der Waals surface area (Å²) in [6.07, 6.45) is 2.89. The number of amides is 1. The van der Waals surface area contributed by atoms with Crippen LogP contribution in [0, 0.1) is 0 Å². The third-order valence-electron chi connectivity index (χ3n) is 4.85. The third-order valence-corrected chi connectivity index (χ3v) is 4.85. The van der Waals surface area contributed by atoms with Crippen molar-refractivity contribution in [2.45, 2.75) is 38.4 Å². The van der Waals surface area contributed by atoms with Crippen LogP contribution in [-0.4, -0.2) is 41.9 Å². The summed E-state index contributed by atoms with van der Waals surface area (Å²) in [5, 5.41) is 0. The molecule has 134 valence electrons. The molecule has 0 radical (unpaired) electrons. The van der Waals surface area contributed by atoms with Gasteiger partial charge in [0.05, 0.1) is 12.2 Å². The van der Waals surface area contributed by atoms with Crippen molar-refractivity contribution >= 4 is 17.3 Å². The summed E-state index contributed by atoms with van der Waals surface area (Å²) < 4.78 is 5.78. The molecule has 0 unspecified atom stereocenters. The lowest BCUT2D eigenvalue weighted by Crippen LogP contribution is -2.45. The van der Waals surface area contributed by atoms with E-state index < -0.39 is 0 Å². The van der Waals surface area contributed by atoms with E-state index in [1.54, 1.807) is 6.20 Å². The lowest BCUT2D eigenvalue weighted by molar-refractivity contribution is -0.00522. The van der Waals surface area contributed by atoms with Gasteiger partial charge in [0.15, 0.2) is 0 Å². The Labute approximate surface area is 153 Å². The molecule has 2 aromatic rings. The van der Waals surface area contributed by atoms with Gasteiger partial charge in [-0.3, -0.25) is 9.78 Å². The van der Waals surface area contributed by atoms with E-state index in [0.717, 1.165) is 30.9 Å². The van der Waals surface area contributed by atoms with E-state index in [4.69, 9.17) is 4.74 Å². The molecule has 0 spiro atoms. The number of ether oxygens (including phenoxy) is 1. The van der Waals surface area contributed by atoms with Crippen LogP contribution in [0.2, 0.25) is 0 Å². The van der Waals surface area contributed by atoms with E-state index in [1.165, 1.54) is 5.56 Å². The van der Waals surface area contributed by atoms with E-state index >= 15 is 0 Å². The lowest BCUT2D eigenvalue weighted by atomic mass is 10.1. The van der Waals surface area contributed by atoms with Crippen LogP contribution in [0.3, 0.4) is 0 Å². The number of carbonyl (C=O) groups excluding carboxylic acids is 1. The summed E-state index contributed by atoms with van der Waals surface area (Å²) >= 11 is 0. The molecule has 2 aliphatic rings. The summed E-state index contributed by atoms with van der Waals surface area (Å²) in [5.41, 5.74) is 3.57. The molecule has 26 heavy (non-hydrogen) atoms. The zero-order valence-corrected chi connectivity index (χ0v) is 15.1. The summed E-state index contributed by atoms with van der Waals surface area (Å²) in [5.74, 6) is 0.0268. The second-order valence-corrected chi connectivity index (χ2v) is 7.14. The van der Waals surface area contributed by atoms with Gasteiger partial charge in [0.2, 0.25) is 0 Å². The summed E-state index contributed by atoms with van der Waals surface area (Å²) in [6, 6.07) is 14.0. The number of rotatable bonds is 3. The third kappa shape index (κ3) is 3.68. The molecule has 3 atom stereocenters. The van der Waals surface area contributed by atoms with Crippen molar-refractivity contribution in [2.24, 2.45) is 4.99 Å². The molecule has 4 rings (SSSR count). The molecule has 1 amide bonds. The fraction of sp³-hybridized carbons (Fsp3) is 0.381. The second-order valence-electron chi connectivity index (χ2n) is 7.14. The first-order chi connectivity index (χ1) is 12.6. The van der Waals surface area contributed by atoms with Gasteiger partial charge in [-0.25, -0.2) is 4.99 Å². The minimum Gasteiger partial charge on any atom is -0.372 e. The van der Waals surface area contributed by atoms with Crippen LogP contribution in [0.25, 0.3) is 0 Å². The molecule has 2 fully saturated rings. The van der Waals surface area contributed by atoms with Crippen molar-refractivity contribution in [3.05, 3.63) is 59.9 Å². The summed E-state index contributed by atoms with van der Waals surface area (Å²) in [4.78, 5) is 23.3. The largest absolute Gasteiger partial charge is 0.372 e. The molecule has 5 nitrogen and oxygen atoms in total. The Balaban J connectivity index is 1.48. The quantitative estimate of drug-likeness (QED) is 0.851. The Morgan fingerprint density at radius 3 is 2.62 bits per heavy atom. The predicted molar refractivity (Wildman–Crippen MR) is 102 cm³/mol. The summed E-state index contributed by atoms with van der Waals surface area (Å²) in [7, 11) is 0. The molecular formula is C21H23N3O2. The van der Waals surface area contributed by atoms with E-state index in [9.17, 15) is 4.79 Å². The maximum Gasteiger partial charge on any atom is 0.295 e. The average Bonchev–Trinajstić information content (AvgIpc) is 3.41. The number of nitrogens with zero attached hydrogens (tertiary/aromatic N) is 3. The molecule has 5 heteroatoms. The van der Waals surface area contributed by atoms with Crippen molar-refractivity contribution < 1.29 is 9.53 Å². The van der Waals surface area contributed by atoms with Crippen LogP contribution >= 0.6 is 0 Å². The minimum absolute atomic E-state index is 0.171. The van der Waals surface area contributed by atoms with Crippen molar-refractivity contribution in [2.75, 3.05) is 18.0 Å². The monoisotopic (exact) mass is 349 g/mol. The maximum atomic E-state index is 12.5. The van der Waals surface area contributed by atoms with Crippen molar-refractivity contribution in [1.82, 2.24) is 4.98 Å². The molecule has 1 aromatic carbocycles. The van der Waals surface area contributed by atoms with Crippen LogP contribution in [-0.2, 0) is 4.74 Å². The first kappa shape index (κ1) is 16.9. The Bertz CT molecular complexity index is 824. The zero-order chi connectivity index (χ0) is 18.1. The minimum atomic E-state index is -0.255. The SMILES string of the molecule is C[C@@H]1CN(c2ccnc(C(=O)N=C3C[C@H]3c3ccccc3)c2)C[C@@H](C)O1. The lowest BCUT2D eigenvalue weighted by Gasteiger charge is -2.36. The van der Waals surface area contributed by atoms with Gasteiger partial charge in [-0.05, 0) is 38.0 Å². The van der Waals surface area contributed by atoms with Crippen LogP contribution in [0.15, 0.2) is 53.7 Å². The number of carbonyl (C=O) groups is 1. The van der Waals surface area contributed by atoms with Gasteiger partial charge in [-0.1, -0.05) is 30.3 Å². The molecule has 1 aromatic heterocycles. The molecule has 1 saturated heterocycles. The van der Waals surface area contributed by atoms with E-state index in [1.807, 2.05) is 30.3 Å². The van der Waals surface area contributed by atoms with Crippen molar-refractivity contribution in [3.8, 4) is 0 Å². The summed E-state index contributed by atoms with van der Waals surface area (Å²) in [6.45, 7) is 5.76. The van der Waals surface area contributed by atoms with Gasteiger partial charge >= 0.3 is 0 Å². The van der Waals surface area contributed by atoms with Gasteiger partial charge in [0.25, 0.3) is 5.91 Å². The van der Waals surface area contributed by atoms with Crippen LogP contribution < -0.4 is 4.90 Å². The number of pyridine rings is 1. The van der Waals surface area contributed by atoms with Crippen LogP contribution in [0.5, 0.6) is 0 Å². The van der Waals surface area contributed by atoms with Gasteiger partial charge in [0.1, 0.15) is 5.69 Å². The number of hydrogen-bond donors (Lipinski definition) is 0. The number of aromatic nitrogens is 1. The highest BCUT2D eigenvalue weighted by atomic mass is 16.5. The number of morpholine rings is 1. The highest BCUT2D eigenvalue weighted by Gasteiger charge is 2.34. The van der Waals surface area contributed by atoms with Gasteiger partial charge in [-0.2, -0.15) is 0 Å². The standard InChI is InChI=1S/C21H23N3O2/c1-14-12-24(13-15(2)26-14)17-8-9-22-20(10-17)21(25)23-19-11-18(19)16-6-4-3-5-7-16/h3-10,14-15,18H,11-13H2,1-2H3/t14-,15-,18+/m1/s1. The van der Waals surface area contributed by atoms with Crippen molar-refractivity contribution in [1.29, 1.82) is 0 Å². The highest BCUT2D eigenvalue weighted by molar-refractivity contribution is 6.13. The number of hydrogen-bond acceptors (Lipinski definition) is 4. The van der Waals surface area contributed by atoms with Crippen molar-refractivity contribution in [3.63, 3.8) is 0 Å². The smallest absolute Gasteiger partial charge is 0.295 e. The number of anilines is 1. The Kier molecular flexibility index (Phi) is 4.55. The molecular weight excluding hydrogens is 326 g/mol. The fourth-order valence-corrected chi connectivity index (χ4v) is 3.58. The molecule has 0 N–H and O–H groups in total. The molecule has 1 aliphatic carbocycles. The number of aliphatic imine (C=N–C) groups is 1. The van der Waals surface area contributed by atoms with Gasteiger partial charge in [-0.15, -0.1) is 0 Å². The normalized spacial score (nSPS) is 26.8. The average molecular weight is 349 g/mol. The Morgan fingerprint density at radius 2 is 1.88 bits per heavy atom. The van der Waals surface area contributed by atoms with Crippen LogP contribution in [0.4, 0.5) is 5.69 Å². The Morgan fingerprint density at radius 1 is 1.15 bits per heavy atom. The predicted octanol–water partition coefficient (Wildman–Crippen LogP) is 3.46. The zero-order valence-electron chi connectivity index (χ0n) is 15.1.